The van der Waals surface area contributed by atoms with Gasteiger partial charge < -0.3 is 5.32 Å². The third kappa shape index (κ3) is 1.58. The third-order valence-electron chi connectivity index (χ3n) is 3.20. The fourth-order valence-electron chi connectivity index (χ4n) is 2.51. The van der Waals surface area contributed by atoms with Crippen LogP contribution in [0.2, 0.25) is 0 Å². The molecule has 1 nitrogen and oxygen atoms in total. The Hall–Kier alpha value is -0.860. The molecule has 0 bridgehead atoms. The molecule has 1 atom stereocenters. The van der Waals surface area contributed by atoms with Crippen molar-refractivity contribution in [2.24, 2.45) is 0 Å². The molecular weight excluding hydrogens is 202 g/mol. The maximum atomic E-state index is 3.54. The summed E-state index contributed by atoms with van der Waals surface area (Å²) in [6.45, 7) is 3.26. The van der Waals surface area contributed by atoms with Gasteiger partial charge in [-0.3, -0.25) is 0 Å². The Balaban J connectivity index is 1.98. The Kier molecular flexibility index (Phi) is 2.26. The van der Waals surface area contributed by atoms with Gasteiger partial charge in [-0.1, -0.05) is 6.92 Å². The van der Waals surface area contributed by atoms with Gasteiger partial charge in [-0.2, -0.15) is 0 Å². The van der Waals surface area contributed by atoms with E-state index in [1.165, 1.54) is 22.9 Å². The van der Waals surface area contributed by atoms with E-state index in [0.717, 1.165) is 6.54 Å². The Morgan fingerprint density at radius 3 is 2.93 bits per heavy atom. The molecule has 0 amide bonds. The van der Waals surface area contributed by atoms with E-state index in [0.29, 0.717) is 6.04 Å². The first kappa shape index (κ1) is 9.37. The van der Waals surface area contributed by atoms with Gasteiger partial charge in [0.05, 0.1) is 0 Å². The highest BCUT2D eigenvalue weighted by atomic mass is 32.1. The normalized spacial score (nSPS) is 19.7. The topological polar surface area (TPSA) is 12.0 Å². The van der Waals surface area contributed by atoms with Crippen LogP contribution < -0.4 is 5.32 Å². The smallest absolute Gasteiger partial charge is 0.0345 e. The summed E-state index contributed by atoms with van der Waals surface area (Å²) in [5.74, 6) is 0. The largest absolute Gasteiger partial charge is 0.314 e. The molecule has 2 heteroatoms. The fraction of sp³-hybridized carbons (Fsp3) is 0.385. The van der Waals surface area contributed by atoms with Crippen LogP contribution in [0.4, 0.5) is 0 Å². The van der Waals surface area contributed by atoms with Gasteiger partial charge in [0.2, 0.25) is 0 Å². The van der Waals surface area contributed by atoms with Gasteiger partial charge in [-0.25, -0.2) is 0 Å². The van der Waals surface area contributed by atoms with E-state index < -0.39 is 0 Å². The van der Waals surface area contributed by atoms with Crippen LogP contribution in [0.5, 0.6) is 0 Å². The number of hydrogen-bond donors (Lipinski definition) is 1. The second-order valence-corrected chi connectivity index (χ2v) is 5.19. The van der Waals surface area contributed by atoms with Crippen molar-refractivity contribution in [1.29, 1.82) is 0 Å². The van der Waals surface area contributed by atoms with Gasteiger partial charge in [0.1, 0.15) is 0 Å². The average molecular weight is 217 g/mol. The lowest BCUT2D eigenvalue weighted by molar-refractivity contribution is 0.552. The maximum absolute atomic E-state index is 3.54. The number of thiophene rings is 1. The zero-order valence-corrected chi connectivity index (χ0v) is 9.73. The number of likely N-dealkylation sites (N-methyl/N-ethyl adjacent to an activating group) is 1. The van der Waals surface area contributed by atoms with Crippen LogP contribution in [-0.2, 0) is 12.8 Å². The van der Waals surface area contributed by atoms with Crippen molar-refractivity contribution in [3.05, 3.63) is 34.7 Å². The van der Waals surface area contributed by atoms with Crippen molar-refractivity contribution in [1.82, 2.24) is 5.32 Å². The van der Waals surface area contributed by atoms with Crippen LogP contribution >= 0.6 is 11.3 Å². The third-order valence-corrected chi connectivity index (χ3v) is 4.08. The lowest BCUT2D eigenvalue weighted by atomic mass is 10.1. The Morgan fingerprint density at radius 2 is 2.13 bits per heavy atom. The molecule has 1 aliphatic carbocycles. The number of benzene rings is 1. The molecule has 1 aromatic heterocycles. The second-order valence-electron chi connectivity index (χ2n) is 4.24. The van der Waals surface area contributed by atoms with E-state index in [4.69, 9.17) is 0 Å². The average Bonchev–Trinajstić information content (AvgIpc) is 2.78. The molecule has 0 saturated carbocycles. The Morgan fingerprint density at radius 1 is 1.33 bits per heavy atom. The highest BCUT2D eigenvalue weighted by Gasteiger charge is 2.20. The number of nitrogens with one attached hydrogen (secondary N) is 1. The van der Waals surface area contributed by atoms with E-state index in [-0.39, 0.29) is 0 Å². The van der Waals surface area contributed by atoms with Crippen molar-refractivity contribution in [2.75, 3.05) is 6.54 Å². The van der Waals surface area contributed by atoms with Crippen LogP contribution in [0.25, 0.3) is 10.1 Å². The summed E-state index contributed by atoms with van der Waals surface area (Å²) in [4.78, 5) is 0. The zero-order chi connectivity index (χ0) is 10.3. The molecule has 78 valence electrons. The van der Waals surface area contributed by atoms with E-state index in [9.17, 15) is 0 Å². The Labute approximate surface area is 94.1 Å². The molecule has 15 heavy (non-hydrogen) atoms. The first-order chi connectivity index (χ1) is 7.36. The summed E-state index contributed by atoms with van der Waals surface area (Å²) in [6, 6.07) is 7.65. The Bertz CT molecular complexity index is 446. The molecule has 1 heterocycles. The van der Waals surface area contributed by atoms with Crippen LogP contribution in [-0.4, -0.2) is 12.6 Å². The molecule has 1 aromatic carbocycles. The second kappa shape index (κ2) is 3.62. The van der Waals surface area contributed by atoms with Gasteiger partial charge in [-0.15, -0.1) is 11.3 Å². The molecule has 0 aliphatic heterocycles. The quantitative estimate of drug-likeness (QED) is 0.815. The molecule has 0 fully saturated rings. The summed E-state index contributed by atoms with van der Waals surface area (Å²) in [6.07, 6.45) is 2.41. The molecule has 2 aromatic rings. The minimum atomic E-state index is 0.668. The first-order valence-corrected chi connectivity index (χ1v) is 6.47. The van der Waals surface area contributed by atoms with Crippen LogP contribution in [0, 0.1) is 0 Å². The minimum absolute atomic E-state index is 0.668. The molecule has 0 spiro atoms. The van der Waals surface area contributed by atoms with Gasteiger partial charge in [0.15, 0.2) is 0 Å². The van der Waals surface area contributed by atoms with Crippen LogP contribution in [0.1, 0.15) is 18.1 Å². The monoisotopic (exact) mass is 217 g/mol. The van der Waals surface area contributed by atoms with Crippen LogP contribution in [0.15, 0.2) is 23.6 Å². The predicted octanol–water partition coefficient (Wildman–Crippen LogP) is 2.98. The lowest BCUT2D eigenvalue weighted by Gasteiger charge is -2.08. The number of rotatable bonds is 2. The highest BCUT2D eigenvalue weighted by molar-refractivity contribution is 7.17. The van der Waals surface area contributed by atoms with Crippen molar-refractivity contribution in [3.8, 4) is 0 Å². The molecule has 1 aliphatic rings. The van der Waals surface area contributed by atoms with Gasteiger partial charge in [0, 0.05) is 10.7 Å². The van der Waals surface area contributed by atoms with E-state index in [1.54, 1.807) is 11.1 Å². The maximum Gasteiger partial charge on any atom is 0.0345 e. The molecule has 0 unspecified atom stereocenters. The van der Waals surface area contributed by atoms with Crippen LogP contribution in [0.3, 0.4) is 0 Å². The van der Waals surface area contributed by atoms with Crippen molar-refractivity contribution in [2.45, 2.75) is 25.8 Å². The fourth-order valence-corrected chi connectivity index (χ4v) is 3.35. The molecule has 0 saturated heterocycles. The van der Waals surface area contributed by atoms with Crippen molar-refractivity contribution < 1.29 is 0 Å². The molecule has 0 radical (unpaired) electrons. The van der Waals surface area contributed by atoms with E-state index in [1.807, 2.05) is 11.3 Å². The first-order valence-electron chi connectivity index (χ1n) is 5.59. The summed E-state index contributed by atoms with van der Waals surface area (Å²) in [5.41, 5.74) is 3.10. The summed E-state index contributed by atoms with van der Waals surface area (Å²) in [7, 11) is 0. The zero-order valence-electron chi connectivity index (χ0n) is 8.92. The van der Waals surface area contributed by atoms with Gasteiger partial charge in [0.25, 0.3) is 0 Å². The summed E-state index contributed by atoms with van der Waals surface area (Å²) < 4.78 is 1.44. The van der Waals surface area contributed by atoms with Gasteiger partial charge in [-0.05, 0) is 59.5 Å². The lowest BCUT2D eigenvalue weighted by Crippen LogP contribution is -2.28. The standard InChI is InChI=1S/C13H15NS/c1-2-14-12-6-10-5-9-3-4-15-13(9)8-11(10)7-12/h3-5,8,12,14H,2,6-7H2,1H3/t12-/m1/s1. The molecular formula is C13H15NS. The molecule has 1 N–H and O–H groups in total. The van der Waals surface area contributed by atoms with Crippen molar-refractivity contribution in [3.63, 3.8) is 0 Å². The number of hydrogen-bond acceptors (Lipinski definition) is 2. The predicted molar refractivity (Wildman–Crippen MR) is 66.7 cm³/mol. The molecule has 3 rings (SSSR count). The number of fused-ring (bicyclic) bond motifs is 2. The minimum Gasteiger partial charge on any atom is -0.314 e. The highest BCUT2D eigenvalue weighted by Crippen LogP contribution is 2.30. The van der Waals surface area contributed by atoms with Crippen molar-refractivity contribution >= 4 is 21.4 Å². The summed E-state index contributed by atoms with van der Waals surface area (Å²) in [5, 5.41) is 7.14. The SMILES string of the molecule is CCN[C@@H]1Cc2cc3ccsc3cc2C1. The van der Waals surface area contributed by atoms with Gasteiger partial charge >= 0.3 is 0 Å². The summed E-state index contributed by atoms with van der Waals surface area (Å²) >= 11 is 1.85. The van der Waals surface area contributed by atoms with E-state index >= 15 is 0 Å². The van der Waals surface area contributed by atoms with E-state index in [2.05, 4.69) is 35.8 Å².